The number of aromatic nitrogens is 2. The molecule has 0 aliphatic carbocycles. The van der Waals surface area contributed by atoms with E-state index in [4.69, 9.17) is 0 Å². The van der Waals surface area contributed by atoms with Gasteiger partial charge in [-0.25, -0.2) is 9.97 Å². The zero-order chi connectivity index (χ0) is 13.2. The van der Waals surface area contributed by atoms with Crippen LogP contribution < -0.4 is 0 Å². The monoisotopic (exact) mass is 248 g/mol. The van der Waals surface area contributed by atoms with Gasteiger partial charge in [0.25, 0.3) is 0 Å². The summed E-state index contributed by atoms with van der Waals surface area (Å²) in [4.78, 5) is 19.2. The van der Waals surface area contributed by atoms with Crippen LogP contribution in [0.5, 0.6) is 0 Å². The molecule has 0 spiro atoms. The van der Waals surface area contributed by atoms with Crippen LogP contribution in [0.25, 0.3) is 22.0 Å². The van der Waals surface area contributed by atoms with Crippen LogP contribution in [0, 0.1) is 6.92 Å². The number of hydrogen-bond donors (Lipinski definition) is 0. The number of fused-ring (bicyclic) bond motifs is 1. The van der Waals surface area contributed by atoms with Crippen LogP contribution in [0.15, 0.2) is 48.9 Å². The largest absolute Gasteiger partial charge is 0.298 e. The first-order valence-corrected chi connectivity index (χ1v) is 6.04. The lowest BCUT2D eigenvalue weighted by Gasteiger charge is -2.08. The van der Waals surface area contributed by atoms with E-state index in [9.17, 15) is 4.79 Å². The second-order valence-electron chi connectivity index (χ2n) is 4.43. The lowest BCUT2D eigenvalue weighted by Crippen LogP contribution is -1.90. The van der Waals surface area contributed by atoms with Crippen LogP contribution in [0.4, 0.5) is 0 Å². The minimum atomic E-state index is 0.724. The number of hydrogen-bond acceptors (Lipinski definition) is 3. The fourth-order valence-electron chi connectivity index (χ4n) is 2.25. The summed E-state index contributed by atoms with van der Waals surface area (Å²) in [5.74, 6) is 0. The van der Waals surface area contributed by atoms with Crippen molar-refractivity contribution in [3.8, 4) is 11.1 Å². The van der Waals surface area contributed by atoms with E-state index in [0.29, 0.717) is 0 Å². The Morgan fingerprint density at radius 3 is 2.89 bits per heavy atom. The van der Waals surface area contributed by atoms with Crippen molar-refractivity contribution in [3.63, 3.8) is 0 Å². The van der Waals surface area contributed by atoms with Gasteiger partial charge in [0.1, 0.15) is 12.6 Å². The van der Waals surface area contributed by atoms with Crippen LogP contribution in [0.2, 0.25) is 0 Å². The standard InChI is InChI=1S/C16H12N2O/c1-11-13(9-19)3-2-4-15(11)12-5-6-16-14(7-12)8-17-10-18-16/h2-10H,1H3. The molecule has 0 aliphatic rings. The van der Waals surface area contributed by atoms with Crippen molar-refractivity contribution in [1.29, 1.82) is 0 Å². The molecular weight excluding hydrogens is 236 g/mol. The number of benzene rings is 2. The quantitative estimate of drug-likeness (QED) is 0.653. The Morgan fingerprint density at radius 1 is 1.16 bits per heavy atom. The lowest BCUT2D eigenvalue weighted by molar-refractivity contribution is 0.112. The Labute approximate surface area is 111 Å². The van der Waals surface area contributed by atoms with Crippen molar-refractivity contribution in [1.82, 2.24) is 9.97 Å². The van der Waals surface area contributed by atoms with Gasteiger partial charge in [-0.15, -0.1) is 0 Å². The van der Waals surface area contributed by atoms with Crippen molar-refractivity contribution in [3.05, 3.63) is 60.0 Å². The molecule has 19 heavy (non-hydrogen) atoms. The maximum atomic E-state index is 11.0. The Morgan fingerprint density at radius 2 is 2.05 bits per heavy atom. The zero-order valence-electron chi connectivity index (χ0n) is 10.5. The molecule has 2 aromatic carbocycles. The van der Waals surface area contributed by atoms with Crippen molar-refractivity contribution < 1.29 is 4.79 Å². The van der Waals surface area contributed by atoms with Gasteiger partial charge in [-0.1, -0.05) is 24.3 Å². The third kappa shape index (κ3) is 1.99. The number of carbonyl (C=O) groups excluding carboxylic acids is 1. The van der Waals surface area contributed by atoms with Crippen molar-refractivity contribution in [2.24, 2.45) is 0 Å². The van der Waals surface area contributed by atoms with Gasteiger partial charge in [-0.2, -0.15) is 0 Å². The molecule has 3 aromatic rings. The Hall–Kier alpha value is -2.55. The topological polar surface area (TPSA) is 42.9 Å². The predicted molar refractivity (Wildman–Crippen MR) is 75.1 cm³/mol. The van der Waals surface area contributed by atoms with Gasteiger partial charge >= 0.3 is 0 Å². The van der Waals surface area contributed by atoms with E-state index < -0.39 is 0 Å². The summed E-state index contributed by atoms with van der Waals surface area (Å²) in [5, 5.41) is 0.996. The smallest absolute Gasteiger partial charge is 0.150 e. The molecule has 0 fully saturated rings. The minimum absolute atomic E-state index is 0.724. The Bertz CT molecular complexity index is 766. The summed E-state index contributed by atoms with van der Waals surface area (Å²) in [5.41, 5.74) is 4.78. The number of aldehydes is 1. The molecule has 3 heteroatoms. The molecule has 0 saturated heterocycles. The molecule has 3 nitrogen and oxygen atoms in total. The molecule has 0 N–H and O–H groups in total. The lowest BCUT2D eigenvalue weighted by atomic mass is 9.96. The molecule has 0 bridgehead atoms. The highest BCUT2D eigenvalue weighted by molar-refractivity contribution is 5.87. The van der Waals surface area contributed by atoms with E-state index in [1.54, 1.807) is 12.5 Å². The number of carbonyl (C=O) groups is 1. The van der Waals surface area contributed by atoms with E-state index in [2.05, 4.69) is 9.97 Å². The van der Waals surface area contributed by atoms with Gasteiger partial charge in [0.05, 0.1) is 5.52 Å². The molecular formula is C16H12N2O. The molecule has 92 valence electrons. The molecule has 0 aliphatic heterocycles. The highest BCUT2D eigenvalue weighted by Gasteiger charge is 2.06. The van der Waals surface area contributed by atoms with Crippen LogP contribution in [-0.2, 0) is 0 Å². The Balaban J connectivity index is 2.21. The van der Waals surface area contributed by atoms with Gasteiger partial charge in [-0.05, 0) is 35.7 Å². The third-order valence-electron chi connectivity index (χ3n) is 3.32. The molecule has 0 unspecified atom stereocenters. The van der Waals surface area contributed by atoms with Crippen LogP contribution in [-0.4, -0.2) is 16.3 Å². The van der Waals surface area contributed by atoms with Gasteiger partial charge < -0.3 is 0 Å². The first-order chi connectivity index (χ1) is 9.29. The van der Waals surface area contributed by atoms with E-state index in [0.717, 1.165) is 39.4 Å². The summed E-state index contributed by atoms with van der Waals surface area (Å²) in [7, 11) is 0. The van der Waals surface area contributed by atoms with Crippen LogP contribution in [0.3, 0.4) is 0 Å². The third-order valence-corrected chi connectivity index (χ3v) is 3.32. The fourth-order valence-corrected chi connectivity index (χ4v) is 2.25. The zero-order valence-corrected chi connectivity index (χ0v) is 10.5. The van der Waals surface area contributed by atoms with Crippen LogP contribution in [0.1, 0.15) is 15.9 Å². The summed E-state index contributed by atoms with van der Waals surface area (Å²) in [6.07, 6.45) is 4.23. The summed E-state index contributed by atoms with van der Waals surface area (Å²) >= 11 is 0. The first kappa shape index (κ1) is 11.5. The van der Waals surface area contributed by atoms with Gasteiger partial charge in [0, 0.05) is 17.1 Å². The molecule has 0 saturated carbocycles. The molecule has 1 aromatic heterocycles. The average molecular weight is 248 g/mol. The minimum Gasteiger partial charge on any atom is -0.298 e. The van der Waals surface area contributed by atoms with E-state index >= 15 is 0 Å². The first-order valence-electron chi connectivity index (χ1n) is 6.04. The normalized spacial score (nSPS) is 10.6. The van der Waals surface area contributed by atoms with Gasteiger partial charge in [0.2, 0.25) is 0 Å². The maximum absolute atomic E-state index is 11.0. The van der Waals surface area contributed by atoms with E-state index in [1.807, 2.05) is 43.3 Å². The Kier molecular flexibility index (Phi) is 2.80. The average Bonchev–Trinajstić information content (AvgIpc) is 2.47. The highest BCUT2D eigenvalue weighted by atomic mass is 16.1. The summed E-state index contributed by atoms with van der Waals surface area (Å²) in [6, 6.07) is 11.8. The second kappa shape index (κ2) is 4.61. The van der Waals surface area contributed by atoms with Gasteiger partial charge in [-0.3, -0.25) is 4.79 Å². The molecule has 0 amide bonds. The number of rotatable bonds is 2. The van der Waals surface area contributed by atoms with E-state index in [1.165, 1.54) is 0 Å². The molecule has 0 radical (unpaired) electrons. The van der Waals surface area contributed by atoms with E-state index in [-0.39, 0.29) is 0 Å². The highest BCUT2D eigenvalue weighted by Crippen LogP contribution is 2.27. The molecule has 3 rings (SSSR count). The second-order valence-corrected chi connectivity index (χ2v) is 4.43. The van der Waals surface area contributed by atoms with Crippen molar-refractivity contribution in [2.45, 2.75) is 6.92 Å². The van der Waals surface area contributed by atoms with Crippen LogP contribution >= 0.6 is 0 Å². The molecule has 0 atom stereocenters. The summed E-state index contributed by atoms with van der Waals surface area (Å²) in [6.45, 7) is 1.96. The SMILES string of the molecule is Cc1c(C=O)cccc1-c1ccc2ncncc2c1. The van der Waals surface area contributed by atoms with Crippen molar-refractivity contribution >= 4 is 17.2 Å². The fraction of sp³-hybridized carbons (Fsp3) is 0.0625. The predicted octanol–water partition coefficient (Wildman–Crippen LogP) is 3.42. The van der Waals surface area contributed by atoms with Crippen molar-refractivity contribution in [2.75, 3.05) is 0 Å². The molecule has 1 heterocycles. The van der Waals surface area contributed by atoms with Gasteiger partial charge in [0.15, 0.2) is 0 Å². The number of nitrogens with zero attached hydrogens (tertiary/aromatic N) is 2. The summed E-state index contributed by atoms with van der Waals surface area (Å²) < 4.78 is 0. The maximum Gasteiger partial charge on any atom is 0.150 e.